The molecule has 6 heteroatoms. The fourth-order valence-corrected chi connectivity index (χ4v) is 0.283. The third kappa shape index (κ3) is 4.34. The van der Waals surface area contributed by atoms with Crippen molar-refractivity contribution in [2.24, 2.45) is 0 Å². The van der Waals surface area contributed by atoms with Gasteiger partial charge in [-0.15, -0.1) is 0 Å². The monoisotopic (exact) mass is 157 g/mol. The van der Waals surface area contributed by atoms with Gasteiger partial charge in [0.2, 0.25) is 0 Å². The molecule has 5 nitrogen and oxygen atoms in total. The van der Waals surface area contributed by atoms with E-state index in [1.807, 2.05) is 0 Å². The lowest BCUT2D eigenvalue weighted by Gasteiger charge is -1.99. The molecule has 0 spiro atoms. The van der Waals surface area contributed by atoms with Crippen LogP contribution >= 0.6 is 0 Å². The van der Waals surface area contributed by atoms with Crippen LogP contribution in [-0.2, 0) is 10.1 Å². The molecule has 9 heavy (non-hydrogen) atoms. The highest BCUT2D eigenvalue weighted by Gasteiger charge is 2.14. The summed E-state index contributed by atoms with van der Waals surface area (Å²) in [6.45, 7) is 0.675. The Morgan fingerprint density at radius 2 is 1.89 bits per heavy atom. The van der Waals surface area contributed by atoms with Gasteiger partial charge in [-0.3, -0.25) is 4.55 Å². The molecule has 0 saturated heterocycles. The topological polar surface area (TPSA) is 110 Å². The van der Waals surface area contributed by atoms with Gasteiger partial charge in [0.05, 0.1) is 6.61 Å². The van der Waals surface area contributed by atoms with E-state index in [9.17, 15) is 8.42 Å². The van der Waals surface area contributed by atoms with Crippen molar-refractivity contribution in [3.8, 4) is 0 Å². The van der Waals surface area contributed by atoms with Crippen molar-refractivity contribution in [3.05, 3.63) is 0 Å². The molecule has 0 fully saturated rings. The molecule has 58 valence electrons. The molecule has 0 aliphatic rings. The second-order valence-corrected chi connectivity index (χ2v) is 3.34. The maximum atomic E-state index is 9.96. The smallest absolute Gasteiger partial charge is 0.269 e. The summed E-state index contributed by atoms with van der Waals surface area (Å²) in [5.41, 5.74) is 0. The van der Waals surface area contributed by atoms with Crippen LogP contribution in [0.25, 0.3) is 0 Å². The molecule has 0 aromatic rings. The Morgan fingerprint density at radius 3 is 1.89 bits per heavy atom. The first-order valence-electron chi connectivity index (χ1n) is 2.05. The van der Waals surface area contributed by atoms with Gasteiger partial charge in [-0.2, -0.15) is 8.42 Å². The molecular weight excluding hydrogens is 146 g/mol. The summed E-state index contributed by atoms with van der Waals surface area (Å²) in [7, 11) is -4.00. The minimum absolute atomic E-state index is 0. The first-order valence-corrected chi connectivity index (χ1v) is 3.56. The van der Waals surface area contributed by atoms with Crippen LogP contribution in [0.1, 0.15) is 6.92 Å². The molecule has 0 aliphatic heterocycles. The highest BCUT2D eigenvalue weighted by atomic mass is 32.2. The fourth-order valence-electron chi connectivity index (χ4n) is 0.0942. The predicted molar refractivity (Wildman–Crippen MR) is 33.1 cm³/mol. The summed E-state index contributed by atoms with van der Waals surface area (Å²) in [4.78, 5) is 0. The van der Waals surface area contributed by atoms with E-state index in [0.717, 1.165) is 0 Å². The Morgan fingerprint density at radius 1 is 1.56 bits per heavy atom. The Bertz CT molecular complexity index is 151. The number of hydrogen-bond acceptors (Lipinski definition) is 4. The third-order valence-corrected chi connectivity index (χ3v) is 1.93. The molecule has 1 unspecified atom stereocenters. The molecule has 5 N–H and O–H groups in total. The van der Waals surface area contributed by atoms with E-state index in [-0.39, 0.29) is 6.15 Å². The minimum atomic E-state index is -4.00. The van der Waals surface area contributed by atoms with E-state index in [1.165, 1.54) is 6.92 Å². The molecule has 0 heterocycles. The number of aliphatic hydroxyl groups is 1. The van der Waals surface area contributed by atoms with Crippen LogP contribution in [0.4, 0.5) is 0 Å². The van der Waals surface area contributed by atoms with Crippen molar-refractivity contribution in [1.82, 2.24) is 6.15 Å². The summed E-state index contributed by atoms with van der Waals surface area (Å²) in [5, 5.41) is 7.06. The summed E-state index contributed by atoms with van der Waals surface area (Å²) in [5.74, 6) is 0. The lowest BCUT2D eigenvalue weighted by Crippen LogP contribution is -2.20. The van der Waals surface area contributed by atoms with Crippen LogP contribution in [0.3, 0.4) is 0 Å². The van der Waals surface area contributed by atoms with Crippen LogP contribution < -0.4 is 6.15 Å². The zero-order valence-corrected chi connectivity index (χ0v) is 5.93. The molecule has 0 aromatic heterocycles. The number of aliphatic hydroxyl groups excluding tert-OH is 1. The maximum absolute atomic E-state index is 9.96. The second-order valence-electron chi connectivity index (χ2n) is 1.51. The predicted octanol–water partition coefficient (Wildman–Crippen LogP) is -0.583. The van der Waals surface area contributed by atoms with Crippen molar-refractivity contribution in [2.45, 2.75) is 12.2 Å². The van der Waals surface area contributed by atoms with Crippen LogP contribution in [0, 0.1) is 0 Å². The van der Waals surface area contributed by atoms with E-state index in [0.29, 0.717) is 0 Å². The van der Waals surface area contributed by atoms with Crippen molar-refractivity contribution in [3.63, 3.8) is 0 Å². The highest BCUT2D eigenvalue weighted by Crippen LogP contribution is 1.93. The average molecular weight is 157 g/mol. The van der Waals surface area contributed by atoms with Crippen molar-refractivity contribution < 1.29 is 18.1 Å². The van der Waals surface area contributed by atoms with Gasteiger partial charge in [-0.05, 0) is 6.92 Å². The largest absolute Gasteiger partial charge is 0.395 e. The summed E-state index contributed by atoms with van der Waals surface area (Å²) >= 11 is 0. The normalized spacial score (nSPS) is 14.1. The molecule has 0 amide bonds. The van der Waals surface area contributed by atoms with Crippen molar-refractivity contribution in [2.75, 3.05) is 6.61 Å². The maximum Gasteiger partial charge on any atom is 0.269 e. The Kier molecular flexibility index (Phi) is 4.87. The molecule has 0 aliphatic carbocycles. The van der Waals surface area contributed by atoms with Crippen molar-refractivity contribution in [1.29, 1.82) is 0 Å². The van der Waals surface area contributed by atoms with Gasteiger partial charge in [0.15, 0.2) is 0 Å². The summed E-state index contributed by atoms with van der Waals surface area (Å²) in [6, 6.07) is 0. The quantitative estimate of drug-likeness (QED) is 0.464. The summed E-state index contributed by atoms with van der Waals surface area (Å²) in [6.07, 6.45) is 0. The first-order chi connectivity index (χ1) is 3.48. The van der Waals surface area contributed by atoms with Crippen LogP contribution in [0.5, 0.6) is 0 Å². The minimum Gasteiger partial charge on any atom is -0.395 e. The van der Waals surface area contributed by atoms with Gasteiger partial charge in [0.25, 0.3) is 10.1 Å². The Balaban J connectivity index is 0. The molecule has 0 radical (unpaired) electrons. The molecule has 0 aromatic carbocycles. The molecule has 0 rings (SSSR count). The lowest BCUT2D eigenvalue weighted by molar-refractivity contribution is 0.289. The van der Waals surface area contributed by atoms with E-state index in [2.05, 4.69) is 0 Å². The van der Waals surface area contributed by atoms with Gasteiger partial charge in [-0.25, -0.2) is 0 Å². The van der Waals surface area contributed by atoms with Gasteiger partial charge in [-0.1, -0.05) is 0 Å². The zero-order chi connectivity index (χ0) is 6.78. The van der Waals surface area contributed by atoms with Crippen LogP contribution in [0.15, 0.2) is 0 Å². The van der Waals surface area contributed by atoms with E-state index in [1.54, 1.807) is 0 Å². The molecular formula is C3H11NO4S. The van der Waals surface area contributed by atoms with E-state index < -0.39 is 22.0 Å². The third-order valence-electron chi connectivity index (χ3n) is 0.766. The Hall–Kier alpha value is -0.170. The lowest BCUT2D eigenvalue weighted by atomic mass is 10.5. The summed E-state index contributed by atoms with van der Waals surface area (Å²) < 4.78 is 28.0. The average Bonchev–Trinajstić information content (AvgIpc) is 1.62. The SMILES string of the molecule is CC(CO)S(=O)(=O)O.N. The van der Waals surface area contributed by atoms with E-state index >= 15 is 0 Å². The molecule has 1 atom stereocenters. The number of hydrogen-bond donors (Lipinski definition) is 3. The van der Waals surface area contributed by atoms with Gasteiger partial charge in [0.1, 0.15) is 5.25 Å². The highest BCUT2D eigenvalue weighted by molar-refractivity contribution is 7.86. The fraction of sp³-hybridized carbons (Fsp3) is 1.00. The zero-order valence-electron chi connectivity index (χ0n) is 5.11. The molecule has 0 bridgehead atoms. The van der Waals surface area contributed by atoms with Gasteiger partial charge < -0.3 is 11.3 Å². The first kappa shape index (κ1) is 11.6. The van der Waals surface area contributed by atoms with E-state index in [4.69, 9.17) is 9.66 Å². The second kappa shape index (κ2) is 3.78. The Labute approximate surface area is 54.0 Å². The number of rotatable bonds is 2. The standard InChI is InChI=1S/C3H8O4S.H3N/c1-3(2-4)8(5,6)7;/h3-4H,2H2,1H3,(H,5,6,7);1H3. The van der Waals surface area contributed by atoms with Gasteiger partial charge >= 0.3 is 0 Å². The molecule has 0 saturated carbocycles. The van der Waals surface area contributed by atoms with Crippen LogP contribution in [0.2, 0.25) is 0 Å². The van der Waals surface area contributed by atoms with Crippen LogP contribution in [-0.4, -0.2) is 29.9 Å². The van der Waals surface area contributed by atoms with Crippen molar-refractivity contribution >= 4 is 10.1 Å². The van der Waals surface area contributed by atoms with Gasteiger partial charge in [0, 0.05) is 0 Å².